The molecule has 0 atom stereocenters. The molecule has 0 saturated heterocycles. The van der Waals surface area contributed by atoms with E-state index in [1.54, 1.807) is 0 Å². The Balaban J connectivity index is 1.27. The fraction of sp³-hybridized carbons (Fsp3) is 0. The van der Waals surface area contributed by atoms with Gasteiger partial charge in [-0.05, 0) is 75.1 Å². The molecule has 0 aliphatic rings. The second kappa shape index (κ2) is 11.2. The topological polar surface area (TPSA) is 65.0 Å². The highest BCUT2D eigenvalue weighted by molar-refractivity contribution is 6.18. The van der Waals surface area contributed by atoms with E-state index in [4.69, 9.17) is 23.8 Å². The van der Waals surface area contributed by atoms with Crippen molar-refractivity contribution in [1.29, 1.82) is 0 Å². The molecule has 8 aromatic carbocycles. The van der Waals surface area contributed by atoms with Crippen LogP contribution in [0.2, 0.25) is 0 Å². The van der Waals surface area contributed by atoms with Crippen LogP contribution in [0.4, 0.5) is 0 Å². The van der Waals surface area contributed by atoms with Crippen molar-refractivity contribution >= 4 is 65.4 Å². The Labute approximate surface area is 297 Å². The average molecular weight is 666 g/mol. The van der Waals surface area contributed by atoms with Gasteiger partial charge in [0, 0.05) is 38.2 Å². The molecule has 3 heterocycles. The molecule has 0 unspecified atom stereocenters. The van der Waals surface area contributed by atoms with Crippen molar-refractivity contribution in [2.45, 2.75) is 0 Å². The van der Waals surface area contributed by atoms with Crippen molar-refractivity contribution in [3.63, 3.8) is 0 Å². The predicted octanol–water partition coefficient (Wildman–Crippen LogP) is 12.6. The van der Waals surface area contributed by atoms with Crippen LogP contribution in [0.25, 0.3) is 111 Å². The molecule has 11 aromatic rings. The minimum absolute atomic E-state index is 0.568. The maximum Gasteiger partial charge on any atom is 0.165 e. The Hall–Kier alpha value is -7.11. The number of hydrogen-bond acceptors (Lipinski definition) is 5. The molecule has 5 heteroatoms. The molecule has 0 saturated carbocycles. The molecule has 5 nitrogen and oxygen atoms in total. The first-order valence-electron chi connectivity index (χ1n) is 17.3. The molecule has 0 spiro atoms. The third-order valence-electron chi connectivity index (χ3n) is 10.1. The van der Waals surface area contributed by atoms with E-state index in [0.29, 0.717) is 17.5 Å². The summed E-state index contributed by atoms with van der Waals surface area (Å²) in [5.41, 5.74) is 7.96. The Morgan fingerprint density at radius 1 is 0.327 bits per heavy atom. The number of nitrogens with zero attached hydrogens (tertiary/aromatic N) is 3. The summed E-state index contributed by atoms with van der Waals surface area (Å²) < 4.78 is 12.9. The van der Waals surface area contributed by atoms with Gasteiger partial charge >= 0.3 is 0 Å². The fourth-order valence-electron chi connectivity index (χ4n) is 7.67. The number of para-hydroxylation sites is 1. The van der Waals surface area contributed by atoms with Crippen LogP contribution in [0.3, 0.4) is 0 Å². The third kappa shape index (κ3) is 4.46. The highest BCUT2D eigenvalue weighted by atomic mass is 16.3. The lowest BCUT2D eigenvalue weighted by Crippen LogP contribution is -2.02. The van der Waals surface area contributed by atoms with Crippen LogP contribution in [0.5, 0.6) is 0 Å². The Kier molecular flexibility index (Phi) is 6.18. The Morgan fingerprint density at radius 2 is 0.981 bits per heavy atom. The molecule has 0 radical (unpaired) electrons. The monoisotopic (exact) mass is 665 g/mol. The van der Waals surface area contributed by atoms with Gasteiger partial charge in [0.1, 0.15) is 22.3 Å². The SMILES string of the molecule is c1ccc(-c2ccc3oc4cc5ccccc5cc4c3c2-c2nc(-c3ccc4ccccc4c3)nc(-c3cccc4oc5ccccc5c34)n2)cc1. The average Bonchev–Trinajstić information content (AvgIpc) is 3.77. The van der Waals surface area contributed by atoms with E-state index in [0.717, 1.165) is 93.2 Å². The van der Waals surface area contributed by atoms with Crippen LogP contribution in [-0.4, -0.2) is 15.0 Å². The summed E-state index contributed by atoms with van der Waals surface area (Å²) in [6, 6.07) is 56.3. The molecule has 0 aliphatic heterocycles. The van der Waals surface area contributed by atoms with E-state index in [1.165, 1.54) is 0 Å². The number of aromatic nitrogens is 3. The van der Waals surface area contributed by atoms with Gasteiger partial charge in [0.15, 0.2) is 17.5 Å². The quantitative estimate of drug-likeness (QED) is 0.187. The van der Waals surface area contributed by atoms with E-state index in [9.17, 15) is 0 Å². The molecular formula is C47H27N3O2. The molecule has 0 bridgehead atoms. The third-order valence-corrected chi connectivity index (χ3v) is 10.1. The van der Waals surface area contributed by atoms with E-state index in [1.807, 2.05) is 36.4 Å². The predicted molar refractivity (Wildman–Crippen MR) is 211 cm³/mol. The van der Waals surface area contributed by atoms with Crippen molar-refractivity contribution < 1.29 is 8.83 Å². The van der Waals surface area contributed by atoms with E-state index >= 15 is 0 Å². The number of benzene rings is 8. The standard InChI is InChI=1S/C47H27N3O2/c1-2-12-29(13-3-1)34-23-24-40-43(37-26-31-15-6-7-16-32(31)27-41(37)52-40)44(34)47-49-45(33-22-21-28-11-4-5-14-30(28)25-33)48-46(50-47)36-18-10-20-39-42(36)35-17-8-9-19-38(35)51-39/h1-27H. The number of hydrogen-bond donors (Lipinski definition) is 0. The van der Waals surface area contributed by atoms with E-state index < -0.39 is 0 Å². The summed E-state index contributed by atoms with van der Waals surface area (Å²) >= 11 is 0. The van der Waals surface area contributed by atoms with Crippen LogP contribution >= 0.6 is 0 Å². The second-order valence-corrected chi connectivity index (χ2v) is 13.2. The summed E-state index contributed by atoms with van der Waals surface area (Å²) in [6.07, 6.45) is 0. The summed E-state index contributed by atoms with van der Waals surface area (Å²) in [7, 11) is 0. The molecule has 0 N–H and O–H groups in total. The molecule has 3 aromatic heterocycles. The molecular weight excluding hydrogens is 639 g/mol. The summed E-state index contributed by atoms with van der Waals surface area (Å²) in [5.74, 6) is 1.72. The first-order valence-corrected chi connectivity index (χ1v) is 17.3. The second-order valence-electron chi connectivity index (χ2n) is 13.2. The van der Waals surface area contributed by atoms with Gasteiger partial charge in [-0.3, -0.25) is 0 Å². The molecule has 0 fully saturated rings. The molecule has 0 amide bonds. The maximum atomic E-state index is 6.60. The molecule has 52 heavy (non-hydrogen) atoms. The van der Waals surface area contributed by atoms with Crippen LogP contribution in [-0.2, 0) is 0 Å². The van der Waals surface area contributed by atoms with Crippen molar-refractivity contribution in [2.24, 2.45) is 0 Å². The van der Waals surface area contributed by atoms with Gasteiger partial charge in [-0.25, -0.2) is 15.0 Å². The first kappa shape index (κ1) is 28.7. The van der Waals surface area contributed by atoms with Gasteiger partial charge in [-0.2, -0.15) is 0 Å². The zero-order chi connectivity index (χ0) is 34.2. The highest BCUT2D eigenvalue weighted by Crippen LogP contribution is 2.44. The first-order chi connectivity index (χ1) is 25.7. The Bertz CT molecular complexity index is 3190. The number of fused-ring (bicyclic) bond motifs is 8. The molecule has 0 aliphatic carbocycles. The zero-order valence-electron chi connectivity index (χ0n) is 27.7. The van der Waals surface area contributed by atoms with Gasteiger partial charge in [0.25, 0.3) is 0 Å². The highest BCUT2D eigenvalue weighted by Gasteiger charge is 2.23. The van der Waals surface area contributed by atoms with Crippen molar-refractivity contribution in [2.75, 3.05) is 0 Å². The van der Waals surface area contributed by atoms with Crippen molar-refractivity contribution in [1.82, 2.24) is 15.0 Å². The Morgan fingerprint density at radius 3 is 1.85 bits per heavy atom. The van der Waals surface area contributed by atoms with E-state index in [-0.39, 0.29) is 0 Å². The summed E-state index contributed by atoms with van der Waals surface area (Å²) in [6.45, 7) is 0. The van der Waals surface area contributed by atoms with Gasteiger partial charge in [0.05, 0.1) is 0 Å². The lowest BCUT2D eigenvalue weighted by atomic mass is 9.94. The van der Waals surface area contributed by atoms with E-state index in [2.05, 4.69) is 127 Å². The van der Waals surface area contributed by atoms with Crippen LogP contribution < -0.4 is 0 Å². The van der Waals surface area contributed by atoms with Crippen LogP contribution in [0.15, 0.2) is 173 Å². The smallest absolute Gasteiger partial charge is 0.165 e. The lowest BCUT2D eigenvalue weighted by Gasteiger charge is -2.14. The van der Waals surface area contributed by atoms with Gasteiger partial charge in [-0.15, -0.1) is 0 Å². The normalized spacial score (nSPS) is 11.8. The largest absolute Gasteiger partial charge is 0.456 e. The minimum Gasteiger partial charge on any atom is -0.456 e. The van der Waals surface area contributed by atoms with Gasteiger partial charge in [0.2, 0.25) is 0 Å². The van der Waals surface area contributed by atoms with Crippen LogP contribution in [0, 0.1) is 0 Å². The number of furan rings is 2. The summed E-state index contributed by atoms with van der Waals surface area (Å²) in [5, 5.41) is 8.51. The lowest BCUT2D eigenvalue weighted by molar-refractivity contribution is 0.669. The molecule has 11 rings (SSSR count). The maximum absolute atomic E-state index is 6.60. The molecule has 242 valence electrons. The number of rotatable bonds is 4. The van der Waals surface area contributed by atoms with Crippen molar-refractivity contribution in [3.05, 3.63) is 164 Å². The van der Waals surface area contributed by atoms with Crippen molar-refractivity contribution in [3.8, 4) is 45.3 Å². The van der Waals surface area contributed by atoms with Gasteiger partial charge < -0.3 is 8.83 Å². The fourth-order valence-corrected chi connectivity index (χ4v) is 7.67. The van der Waals surface area contributed by atoms with Gasteiger partial charge in [-0.1, -0.05) is 121 Å². The minimum atomic E-state index is 0.568. The zero-order valence-corrected chi connectivity index (χ0v) is 27.7. The van der Waals surface area contributed by atoms with Crippen LogP contribution in [0.1, 0.15) is 0 Å². The summed E-state index contributed by atoms with van der Waals surface area (Å²) in [4.78, 5) is 15.9.